The average Bonchev–Trinajstić information content (AvgIpc) is 2.36. The number of benzene rings is 1. The van der Waals surface area contributed by atoms with Gasteiger partial charge in [0.05, 0.1) is 5.69 Å². The van der Waals surface area contributed by atoms with E-state index in [1.165, 1.54) is 4.57 Å². The Labute approximate surface area is 104 Å². The average molecular weight is 246 g/mol. The van der Waals surface area contributed by atoms with Crippen LogP contribution in [0.25, 0.3) is 5.69 Å². The highest BCUT2D eigenvalue weighted by Gasteiger charge is 2.10. The molecule has 6 heteroatoms. The molecule has 1 aromatic heterocycles. The van der Waals surface area contributed by atoms with Gasteiger partial charge in [0.15, 0.2) is 0 Å². The van der Waals surface area contributed by atoms with E-state index < -0.39 is 11.4 Å². The van der Waals surface area contributed by atoms with Gasteiger partial charge < -0.3 is 5.32 Å². The second-order valence-corrected chi connectivity index (χ2v) is 3.98. The number of aryl methyl sites for hydroxylation is 1. The van der Waals surface area contributed by atoms with Crippen molar-refractivity contribution >= 4 is 5.95 Å². The maximum Gasteiger partial charge on any atom is 0.359 e. The molecule has 0 atom stereocenters. The highest BCUT2D eigenvalue weighted by molar-refractivity contribution is 5.34. The minimum atomic E-state index is -0.591. The third-order valence-corrected chi connectivity index (χ3v) is 2.70. The second-order valence-electron chi connectivity index (χ2n) is 3.98. The predicted octanol–water partition coefficient (Wildman–Crippen LogP) is 0.281. The lowest BCUT2D eigenvalue weighted by Crippen LogP contribution is -2.40. The van der Waals surface area contributed by atoms with Crippen LogP contribution >= 0.6 is 0 Å². The fourth-order valence-corrected chi connectivity index (χ4v) is 1.68. The van der Waals surface area contributed by atoms with E-state index >= 15 is 0 Å². The molecule has 0 saturated carbocycles. The van der Waals surface area contributed by atoms with Gasteiger partial charge in [0.1, 0.15) is 0 Å². The SMILES string of the molecule is CNc1nc(=O)n(-c2ccc(C)cc2)c(=O)n1C. The topological polar surface area (TPSA) is 68.9 Å². The second kappa shape index (κ2) is 4.48. The molecule has 1 aromatic carbocycles. The van der Waals surface area contributed by atoms with Crippen LogP contribution < -0.4 is 16.7 Å². The van der Waals surface area contributed by atoms with Crippen LogP contribution in [0.1, 0.15) is 5.56 Å². The minimum absolute atomic E-state index is 0.244. The van der Waals surface area contributed by atoms with Crippen LogP contribution in [0.5, 0.6) is 0 Å². The van der Waals surface area contributed by atoms with E-state index in [0.717, 1.165) is 10.1 Å². The Morgan fingerprint density at radius 3 is 2.33 bits per heavy atom. The first-order chi connectivity index (χ1) is 8.54. The standard InChI is InChI=1S/C12H14N4O2/c1-8-4-6-9(7-5-8)16-11(17)14-10(13-2)15(3)12(16)18/h4-7H,1-3H3,(H,13,14,17). The zero-order valence-corrected chi connectivity index (χ0v) is 10.5. The quantitative estimate of drug-likeness (QED) is 0.826. The van der Waals surface area contributed by atoms with Crippen LogP contribution in [-0.4, -0.2) is 21.2 Å². The summed E-state index contributed by atoms with van der Waals surface area (Å²) < 4.78 is 2.33. The summed E-state index contributed by atoms with van der Waals surface area (Å²) in [6.07, 6.45) is 0. The predicted molar refractivity (Wildman–Crippen MR) is 69.4 cm³/mol. The van der Waals surface area contributed by atoms with Crippen molar-refractivity contribution in [2.24, 2.45) is 7.05 Å². The Balaban J connectivity index is 2.73. The van der Waals surface area contributed by atoms with E-state index in [1.807, 2.05) is 19.1 Å². The maximum atomic E-state index is 12.1. The van der Waals surface area contributed by atoms with Crippen molar-refractivity contribution in [2.45, 2.75) is 6.92 Å². The van der Waals surface area contributed by atoms with Gasteiger partial charge in [-0.05, 0) is 19.1 Å². The van der Waals surface area contributed by atoms with Crippen molar-refractivity contribution in [3.63, 3.8) is 0 Å². The molecule has 6 nitrogen and oxygen atoms in total. The number of aromatic nitrogens is 3. The molecule has 0 spiro atoms. The lowest BCUT2D eigenvalue weighted by molar-refractivity contribution is 0.702. The van der Waals surface area contributed by atoms with E-state index in [0.29, 0.717) is 5.69 Å². The summed E-state index contributed by atoms with van der Waals surface area (Å²) in [6.45, 7) is 1.94. The van der Waals surface area contributed by atoms with Gasteiger partial charge in [-0.2, -0.15) is 4.98 Å². The van der Waals surface area contributed by atoms with Crippen LogP contribution in [0.4, 0.5) is 5.95 Å². The van der Waals surface area contributed by atoms with E-state index in [1.54, 1.807) is 26.2 Å². The van der Waals surface area contributed by atoms with Crippen LogP contribution in [0, 0.1) is 6.92 Å². The largest absolute Gasteiger partial charge is 0.359 e. The van der Waals surface area contributed by atoms with Crippen molar-refractivity contribution in [3.8, 4) is 5.69 Å². The fourth-order valence-electron chi connectivity index (χ4n) is 1.68. The molecule has 0 amide bonds. The zero-order valence-electron chi connectivity index (χ0n) is 10.5. The molecule has 1 heterocycles. The van der Waals surface area contributed by atoms with Gasteiger partial charge in [-0.25, -0.2) is 14.2 Å². The molecule has 0 aliphatic heterocycles. The van der Waals surface area contributed by atoms with Crippen molar-refractivity contribution in [2.75, 3.05) is 12.4 Å². The lowest BCUT2D eigenvalue weighted by Gasteiger charge is -2.09. The number of hydrogen-bond donors (Lipinski definition) is 1. The fraction of sp³-hybridized carbons (Fsp3) is 0.250. The zero-order chi connectivity index (χ0) is 13.3. The monoisotopic (exact) mass is 246 g/mol. The van der Waals surface area contributed by atoms with Crippen LogP contribution in [0.3, 0.4) is 0 Å². The molecule has 0 bridgehead atoms. The van der Waals surface area contributed by atoms with E-state index in [4.69, 9.17) is 0 Å². The van der Waals surface area contributed by atoms with Gasteiger partial charge in [0.2, 0.25) is 5.95 Å². The maximum absolute atomic E-state index is 12.1. The normalized spacial score (nSPS) is 10.4. The smallest absolute Gasteiger partial charge is 0.358 e. The number of hydrogen-bond acceptors (Lipinski definition) is 4. The third-order valence-electron chi connectivity index (χ3n) is 2.70. The first-order valence-corrected chi connectivity index (χ1v) is 5.49. The van der Waals surface area contributed by atoms with Crippen molar-refractivity contribution in [1.29, 1.82) is 0 Å². The Bertz CT molecular complexity index is 683. The molecule has 0 aliphatic rings. The van der Waals surface area contributed by atoms with E-state index in [9.17, 15) is 9.59 Å². The number of anilines is 1. The summed E-state index contributed by atoms with van der Waals surface area (Å²) in [4.78, 5) is 27.8. The summed E-state index contributed by atoms with van der Waals surface area (Å²) in [5.41, 5.74) is 0.555. The van der Waals surface area contributed by atoms with Gasteiger partial charge in [0, 0.05) is 14.1 Å². The minimum Gasteiger partial charge on any atom is -0.358 e. The molecule has 2 aromatic rings. The van der Waals surface area contributed by atoms with Gasteiger partial charge >= 0.3 is 11.4 Å². The van der Waals surface area contributed by atoms with Crippen LogP contribution in [0.15, 0.2) is 33.9 Å². The summed E-state index contributed by atoms with van der Waals surface area (Å²) in [5.74, 6) is 0.244. The first-order valence-electron chi connectivity index (χ1n) is 5.49. The Morgan fingerprint density at radius 1 is 1.17 bits per heavy atom. The van der Waals surface area contributed by atoms with Crippen molar-refractivity contribution in [3.05, 3.63) is 50.8 Å². The van der Waals surface area contributed by atoms with Gasteiger partial charge in [-0.15, -0.1) is 0 Å². The van der Waals surface area contributed by atoms with Gasteiger partial charge in [-0.3, -0.25) is 4.57 Å². The Morgan fingerprint density at radius 2 is 1.78 bits per heavy atom. The van der Waals surface area contributed by atoms with Gasteiger partial charge in [0.25, 0.3) is 0 Å². The van der Waals surface area contributed by atoms with Crippen LogP contribution in [0.2, 0.25) is 0 Å². The molecular weight excluding hydrogens is 232 g/mol. The van der Waals surface area contributed by atoms with Gasteiger partial charge in [-0.1, -0.05) is 17.7 Å². The molecule has 94 valence electrons. The Kier molecular flexibility index (Phi) is 3.01. The molecule has 1 N–H and O–H groups in total. The lowest BCUT2D eigenvalue weighted by atomic mass is 10.2. The third kappa shape index (κ3) is 1.92. The summed E-state index contributed by atoms with van der Waals surface area (Å²) in [6, 6.07) is 7.12. The van der Waals surface area contributed by atoms with E-state index in [2.05, 4.69) is 10.3 Å². The highest BCUT2D eigenvalue weighted by atomic mass is 16.2. The molecule has 0 unspecified atom stereocenters. The van der Waals surface area contributed by atoms with Crippen molar-refractivity contribution in [1.82, 2.24) is 14.1 Å². The first kappa shape index (κ1) is 12.1. The highest BCUT2D eigenvalue weighted by Crippen LogP contribution is 2.05. The summed E-state index contributed by atoms with van der Waals surface area (Å²) >= 11 is 0. The summed E-state index contributed by atoms with van der Waals surface area (Å²) in [7, 11) is 3.17. The molecule has 0 saturated heterocycles. The molecule has 18 heavy (non-hydrogen) atoms. The molecule has 0 radical (unpaired) electrons. The van der Waals surface area contributed by atoms with Crippen molar-refractivity contribution < 1.29 is 0 Å². The number of nitrogens with zero attached hydrogens (tertiary/aromatic N) is 3. The summed E-state index contributed by atoms with van der Waals surface area (Å²) in [5, 5.41) is 2.70. The molecule has 0 aliphatic carbocycles. The van der Waals surface area contributed by atoms with E-state index in [-0.39, 0.29) is 5.95 Å². The van der Waals surface area contributed by atoms with Crippen LogP contribution in [-0.2, 0) is 7.05 Å². The molecular formula is C12H14N4O2. The Hall–Kier alpha value is -2.37. The number of rotatable bonds is 2. The number of nitrogens with one attached hydrogen (secondary N) is 1. The molecule has 2 rings (SSSR count). The molecule has 0 fully saturated rings.